The lowest BCUT2D eigenvalue weighted by Gasteiger charge is -2.47. The van der Waals surface area contributed by atoms with Crippen molar-refractivity contribution in [2.75, 3.05) is 0 Å². The Bertz CT molecular complexity index is 880. The Labute approximate surface area is 189 Å². The van der Waals surface area contributed by atoms with Gasteiger partial charge < -0.3 is 5.11 Å². The Balaban J connectivity index is 1.72. The van der Waals surface area contributed by atoms with E-state index in [9.17, 15) is 13.5 Å². The van der Waals surface area contributed by atoms with Crippen LogP contribution < -0.4 is 0 Å². The molecule has 4 unspecified atom stereocenters. The van der Waals surface area contributed by atoms with Gasteiger partial charge in [0.2, 0.25) is 10.0 Å². The van der Waals surface area contributed by atoms with E-state index in [2.05, 4.69) is 33.1 Å². The Hall–Kier alpha value is -0.910. The number of hydrogen-bond acceptors (Lipinski definition) is 3. The summed E-state index contributed by atoms with van der Waals surface area (Å²) in [6.45, 7) is 14.9. The first-order valence-electron chi connectivity index (χ1n) is 12.3. The molecule has 0 radical (unpaired) electrons. The second-order valence-electron chi connectivity index (χ2n) is 11.0. The summed E-state index contributed by atoms with van der Waals surface area (Å²) in [4.78, 5) is 0.283. The molecule has 31 heavy (non-hydrogen) atoms. The molecule has 4 atom stereocenters. The molecule has 4 fully saturated rings. The van der Waals surface area contributed by atoms with Gasteiger partial charge in [0.15, 0.2) is 0 Å². The fourth-order valence-corrected chi connectivity index (χ4v) is 9.97. The number of hydrogen-bond donors (Lipinski definition) is 1. The SMILES string of the molecule is C=C1CC(N(C2CCCCC2)S(=O)(=O)C(=C)C23CCC(CC2O)C3(C)C)CC/C1=C\C. The van der Waals surface area contributed by atoms with Gasteiger partial charge in [0.1, 0.15) is 0 Å². The van der Waals surface area contributed by atoms with E-state index in [1.54, 1.807) is 0 Å². The van der Waals surface area contributed by atoms with Crippen molar-refractivity contribution in [1.29, 1.82) is 0 Å². The number of rotatable bonds is 5. The Morgan fingerprint density at radius 3 is 2.32 bits per heavy atom. The normalized spacial score (nSPS) is 37.6. The molecular formula is C26H41NO3S. The lowest BCUT2D eigenvalue weighted by atomic mass is 9.68. The summed E-state index contributed by atoms with van der Waals surface area (Å²) >= 11 is 0. The summed E-state index contributed by atoms with van der Waals surface area (Å²) in [5.41, 5.74) is 1.36. The van der Waals surface area contributed by atoms with Crippen LogP contribution in [0.4, 0.5) is 0 Å². The van der Waals surface area contributed by atoms with Crippen molar-refractivity contribution in [3.63, 3.8) is 0 Å². The second-order valence-corrected chi connectivity index (χ2v) is 12.9. The fourth-order valence-electron chi connectivity index (χ4n) is 7.58. The molecule has 4 saturated carbocycles. The third-order valence-corrected chi connectivity index (χ3v) is 11.7. The number of aliphatic hydroxyl groups excluding tert-OH is 1. The van der Waals surface area contributed by atoms with E-state index >= 15 is 0 Å². The second kappa shape index (κ2) is 8.14. The smallest absolute Gasteiger partial charge is 0.239 e. The monoisotopic (exact) mass is 447 g/mol. The first-order valence-corrected chi connectivity index (χ1v) is 13.8. The third kappa shape index (κ3) is 3.41. The van der Waals surface area contributed by atoms with Gasteiger partial charge in [0.05, 0.1) is 11.0 Å². The van der Waals surface area contributed by atoms with E-state index in [1.807, 2.05) is 11.2 Å². The quantitative estimate of drug-likeness (QED) is 0.587. The van der Waals surface area contributed by atoms with Gasteiger partial charge in [-0.15, -0.1) is 0 Å². The van der Waals surface area contributed by atoms with Crippen molar-refractivity contribution in [2.24, 2.45) is 16.7 Å². The number of sulfonamides is 1. The standard InChI is InChI=1S/C26H41NO3S/c1-6-20-12-13-23(16-18(20)2)27(22-10-8-7-9-11-22)31(29,30)19(3)26-15-14-21(17-24(26)28)25(26,4)5/h6,21-24,28H,2-3,7-17H2,1,4-5H3/b20-6+. The van der Waals surface area contributed by atoms with Gasteiger partial charge in [-0.2, -0.15) is 4.31 Å². The number of fused-ring (bicyclic) bond motifs is 2. The highest BCUT2D eigenvalue weighted by atomic mass is 32.2. The summed E-state index contributed by atoms with van der Waals surface area (Å²) in [5.74, 6) is 0.365. The molecule has 2 bridgehead atoms. The van der Waals surface area contributed by atoms with Crippen molar-refractivity contribution in [2.45, 2.75) is 110 Å². The molecule has 4 nitrogen and oxygen atoms in total. The van der Waals surface area contributed by atoms with E-state index < -0.39 is 21.5 Å². The van der Waals surface area contributed by atoms with Gasteiger partial charge in [-0.1, -0.05) is 57.9 Å². The lowest BCUT2D eigenvalue weighted by Crippen LogP contribution is -2.53. The zero-order valence-electron chi connectivity index (χ0n) is 19.7. The van der Waals surface area contributed by atoms with Crippen LogP contribution in [0, 0.1) is 16.7 Å². The summed E-state index contributed by atoms with van der Waals surface area (Å²) in [6.07, 6.45) is 11.5. The Morgan fingerprint density at radius 1 is 1.13 bits per heavy atom. The molecule has 0 spiro atoms. The van der Waals surface area contributed by atoms with Crippen molar-refractivity contribution >= 4 is 10.0 Å². The van der Waals surface area contributed by atoms with Crippen LogP contribution in [0.5, 0.6) is 0 Å². The predicted octanol–water partition coefficient (Wildman–Crippen LogP) is 5.71. The maximum Gasteiger partial charge on any atom is 0.239 e. The van der Waals surface area contributed by atoms with E-state index in [1.165, 1.54) is 12.0 Å². The van der Waals surface area contributed by atoms with E-state index in [-0.39, 0.29) is 22.4 Å². The minimum absolute atomic E-state index is 0.0377. The van der Waals surface area contributed by atoms with Gasteiger partial charge in [-0.25, -0.2) is 8.42 Å². The van der Waals surface area contributed by atoms with Crippen LogP contribution >= 0.6 is 0 Å². The van der Waals surface area contributed by atoms with E-state index in [4.69, 9.17) is 0 Å². The molecule has 0 aromatic rings. The molecule has 0 aromatic carbocycles. The summed E-state index contributed by atoms with van der Waals surface area (Å²) in [5, 5.41) is 11.1. The minimum Gasteiger partial charge on any atom is -0.392 e. The van der Waals surface area contributed by atoms with E-state index in [0.717, 1.165) is 56.9 Å². The van der Waals surface area contributed by atoms with Crippen molar-refractivity contribution in [1.82, 2.24) is 4.31 Å². The Morgan fingerprint density at radius 2 is 1.81 bits per heavy atom. The van der Waals surface area contributed by atoms with Gasteiger partial charge in [-0.3, -0.25) is 0 Å². The average Bonchev–Trinajstić information content (AvgIpc) is 3.10. The maximum absolute atomic E-state index is 14.4. The topological polar surface area (TPSA) is 57.6 Å². The molecule has 0 saturated heterocycles. The van der Waals surface area contributed by atoms with Crippen LogP contribution in [0.1, 0.15) is 91.4 Å². The molecule has 0 aromatic heterocycles. The number of nitrogens with zero attached hydrogens (tertiary/aromatic N) is 1. The van der Waals surface area contributed by atoms with Gasteiger partial charge in [0.25, 0.3) is 0 Å². The van der Waals surface area contributed by atoms with Crippen LogP contribution in [0.2, 0.25) is 0 Å². The summed E-state index contributed by atoms with van der Waals surface area (Å²) in [7, 11) is -3.76. The van der Waals surface area contributed by atoms with Crippen LogP contribution in [0.3, 0.4) is 0 Å². The summed E-state index contributed by atoms with van der Waals surface area (Å²) in [6, 6.07) is -0.0213. The third-order valence-electron chi connectivity index (χ3n) is 9.55. The molecular weight excluding hydrogens is 406 g/mol. The van der Waals surface area contributed by atoms with Gasteiger partial charge >= 0.3 is 0 Å². The summed E-state index contributed by atoms with van der Waals surface area (Å²) < 4.78 is 30.6. The van der Waals surface area contributed by atoms with Crippen molar-refractivity contribution in [3.8, 4) is 0 Å². The molecule has 0 aliphatic heterocycles. The first kappa shape index (κ1) is 23.3. The minimum atomic E-state index is -3.76. The zero-order chi connectivity index (χ0) is 22.6. The molecule has 0 heterocycles. The zero-order valence-corrected chi connectivity index (χ0v) is 20.5. The maximum atomic E-state index is 14.4. The first-order chi connectivity index (χ1) is 14.6. The van der Waals surface area contributed by atoms with Crippen LogP contribution in [-0.2, 0) is 10.0 Å². The fraction of sp³-hybridized carbons (Fsp3) is 0.769. The number of allylic oxidation sites excluding steroid dienone is 2. The highest BCUT2D eigenvalue weighted by Gasteiger charge is 2.67. The molecule has 1 N–H and O–H groups in total. The highest BCUT2D eigenvalue weighted by Crippen LogP contribution is 2.69. The molecule has 0 amide bonds. The number of aliphatic hydroxyl groups is 1. The Kier molecular flexibility index (Phi) is 6.11. The molecule has 4 aliphatic carbocycles. The predicted molar refractivity (Wildman–Crippen MR) is 127 cm³/mol. The molecule has 174 valence electrons. The lowest BCUT2D eigenvalue weighted by molar-refractivity contribution is 0.0320. The van der Waals surface area contributed by atoms with Crippen LogP contribution in [0.25, 0.3) is 0 Å². The van der Waals surface area contributed by atoms with Crippen LogP contribution in [-0.4, -0.2) is 36.0 Å². The molecule has 4 aliphatic rings. The van der Waals surface area contributed by atoms with E-state index in [0.29, 0.717) is 18.8 Å². The highest BCUT2D eigenvalue weighted by molar-refractivity contribution is 7.93. The van der Waals surface area contributed by atoms with Crippen molar-refractivity contribution in [3.05, 3.63) is 35.3 Å². The molecule has 5 heteroatoms. The van der Waals surface area contributed by atoms with Gasteiger partial charge in [0, 0.05) is 17.5 Å². The van der Waals surface area contributed by atoms with Gasteiger partial charge in [-0.05, 0) is 75.2 Å². The largest absolute Gasteiger partial charge is 0.392 e. The van der Waals surface area contributed by atoms with Crippen molar-refractivity contribution < 1.29 is 13.5 Å². The van der Waals surface area contributed by atoms with Crippen LogP contribution in [0.15, 0.2) is 35.3 Å². The average molecular weight is 448 g/mol. The molecule has 4 rings (SSSR count).